The lowest BCUT2D eigenvalue weighted by Gasteiger charge is -2.07. The molecule has 3 heteroatoms. The van der Waals surface area contributed by atoms with E-state index < -0.39 is 0 Å². The molecule has 0 aliphatic heterocycles. The molecule has 0 unspecified atom stereocenters. The zero-order valence-electron chi connectivity index (χ0n) is 14.2. The fraction of sp³-hybridized carbons (Fsp3) is 0.0870. The van der Waals surface area contributed by atoms with Crippen LogP contribution in [0.15, 0.2) is 79.0 Å². The number of H-pyrrole nitrogens is 1. The summed E-state index contributed by atoms with van der Waals surface area (Å²) in [6.07, 6.45) is 2.62. The van der Waals surface area contributed by atoms with E-state index in [1.165, 1.54) is 17.5 Å². The number of nitrogens with one attached hydrogen (secondary N) is 1. The van der Waals surface area contributed by atoms with Crippen molar-refractivity contribution in [1.82, 2.24) is 4.98 Å². The summed E-state index contributed by atoms with van der Waals surface area (Å²) in [6, 6.07) is 22.4. The van der Waals surface area contributed by atoms with Crippen molar-refractivity contribution >= 4 is 16.7 Å². The molecule has 1 heterocycles. The Kier molecular flexibility index (Phi) is 4.36. The van der Waals surface area contributed by atoms with Crippen molar-refractivity contribution in [3.05, 3.63) is 95.9 Å². The minimum absolute atomic E-state index is 0.119. The molecule has 1 N–H and O–H groups in total. The van der Waals surface area contributed by atoms with E-state index in [1.54, 1.807) is 12.1 Å². The maximum absolute atomic E-state index is 13.0. The number of halogens is 1. The van der Waals surface area contributed by atoms with Gasteiger partial charge in [0.2, 0.25) is 0 Å². The van der Waals surface area contributed by atoms with E-state index >= 15 is 0 Å². The summed E-state index contributed by atoms with van der Waals surface area (Å²) in [5.74, 6) is -0.165. The van der Waals surface area contributed by atoms with E-state index in [0.29, 0.717) is 12.8 Å². The summed E-state index contributed by atoms with van der Waals surface area (Å²) >= 11 is 0. The highest BCUT2D eigenvalue weighted by Crippen LogP contribution is 2.28. The van der Waals surface area contributed by atoms with Crippen LogP contribution in [0.5, 0.6) is 0 Å². The van der Waals surface area contributed by atoms with Gasteiger partial charge in [-0.05, 0) is 46.5 Å². The first-order chi connectivity index (χ1) is 12.7. The fourth-order valence-electron chi connectivity index (χ4n) is 3.31. The average Bonchev–Trinajstić information content (AvgIpc) is 3.12. The third-order valence-electron chi connectivity index (χ3n) is 4.55. The lowest BCUT2D eigenvalue weighted by atomic mass is 9.97. The molecular formula is C23H18FNO. The lowest BCUT2D eigenvalue weighted by molar-refractivity contribution is -0.117. The van der Waals surface area contributed by atoms with Gasteiger partial charge in [0.1, 0.15) is 11.6 Å². The van der Waals surface area contributed by atoms with Crippen LogP contribution < -0.4 is 0 Å². The predicted octanol–water partition coefficient (Wildman–Crippen LogP) is 5.33. The molecule has 0 bridgehead atoms. The number of hydrogen-bond acceptors (Lipinski definition) is 1. The number of ketones is 1. The molecule has 0 amide bonds. The van der Waals surface area contributed by atoms with Gasteiger partial charge in [-0.2, -0.15) is 0 Å². The van der Waals surface area contributed by atoms with E-state index in [4.69, 9.17) is 0 Å². The number of aromatic amines is 1. The van der Waals surface area contributed by atoms with Gasteiger partial charge in [0.05, 0.1) is 0 Å². The summed E-state index contributed by atoms with van der Waals surface area (Å²) in [6.45, 7) is 0. The lowest BCUT2D eigenvalue weighted by Crippen LogP contribution is -2.06. The Bertz CT molecular complexity index is 1060. The predicted molar refractivity (Wildman–Crippen MR) is 103 cm³/mol. The van der Waals surface area contributed by atoms with Crippen molar-refractivity contribution in [3.8, 4) is 11.1 Å². The highest BCUT2D eigenvalue weighted by atomic mass is 19.1. The van der Waals surface area contributed by atoms with Crippen molar-refractivity contribution in [3.63, 3.8) is 0 Å². The zero-order chi connectivity index (χ0) is 17.9. The first-order valence-electron chi connectivity index (χ1n) is 8.60. The van der Waals surface area contributed by atoms with E-state index in [2.05, 4.69) is 35.3 Å². The van der Waals surface area contributed by atoms with Gasteiger partial charge in [0, 0.05) is 29.9 Å². The van der Waals surface area contributed by atoms with Gasteiger partial charge in [-0.15, -0.1) is 0 Å². The van der Waals surface area contributed by atoms with E-state index in [0.717, 1.165) is 27.8 Å². The first kappa shape index (κ1) is 16.3. The number of benzene rings is 3. The summed E-state index contributed by atoms with van der Waals surface area (Å²) in [5.41, 5.74) is 5.17. The number of carbonyl (C=O) groups is 1. The second-order valence-electron chi connectivity index (χ2n) is 6.46. The van der Waals surface area contributed by atoms with Crippen LogP contribution in [0.2, 0.25) is 0 Å². The van der Waals surface area contributed by atoms with Gasteiger partial charge in [-0.1, -0.05) is 48.5 Å². The highest BCUT2D eigenvalue weighted by molar-refractivity contribution is 5.95. The quantitative estimate of drug-likeness (QED) is 0.522. The molecule has 0 atom stereocenters. The largest absolute Gasteiger partial charge is 0.361 e. The molecule has 0 aliphatic rings. The molecule has 0 spiro atoms. The number of aromatic nitrogens is 1. The minimum Gasteiger partial charge on any atom is -0.361 e. The van der Waals surface area contributed by atoms with Gasteiger partial charge in [0.15, 0.2) is 0 Å². The maximum Gasteiger partial charge on any atom is 0.141 e. The van der Waals surface area contributed by atoms with Crippen LogP contribution in [-0.2, 0) is 17.6 Å². The van der Waals surface area contributed by atoms with Crippen LogP contribution in [0, 0.1) is 5.82 Å². The molecule has 0 saturated heterocycles. The second-order valence-corrected chi connectivity index (χ2v) is 6.46. The molecule has 128 valence electrons. The van der Waals surface area contributed by atoms with Crippen LogP contribution in [-0.4, -0.2) is 10.8 Å². The second kappa shape index (κ2) is 6.96. The smallest absolute Gasteiger partial charge is 0.141 e. The number of Topliss-reactive ketones (excluding diaryl/α,β-unsaturated/α-hetero) is 1. The number of hydrogen-bond donors (Lipinski definition) is 1. The number of rotatable bonds is 5. The Morgan fingerprint density at radius 3 is 2.46 bits per heavy atom. The standard InChI is InChI=1S/C23H18FNO/c24-19-9-7-16(8-10-19)14-20(26)15-17-3-1-4-18(13-17)21-5-2-6-23-22(21)11-12-25-23/h1-13,25H,14-15H2. The third kappa shape index (κ3) is 3.42. The van der Waals surface area contributed by atoms with E-state index in [9.17, 15) is 9.18 Å². The molecule has 0 fully saturated rings. The molecule has 4 aromatic rings. The monoisotopic (exact) mass is 343 g/mol. The van der Waals surface area contributed by atoms with Crippen molar-refractivity contribution < 1.29 is 9.18 Å². The Morgan fingerprint density at radius 1 is 0.846 bits per heavy atom. The number of carbonyl (C=O) groups excluding carboxylic acids is 1. The van der Waals surface area contributed by atoms with Crippen LogP contribution in [0.3, 0.4) is 0 Å². The van der Waals surface area contributed by atoms with E-state index in [-0.39, 0.29) is 11.6 Å². The molecule has 26 heavy (non-hydrogen) atoms. The molecular weight excluding hydrogens is 325 g/mol. The summed E-state index contributed by atoms with van der Waals surface area (Å²) in [4.78, 5) is 15.6. The van der Waals surface area contributed by atoms with Gasteiger partial charge in [-0.3, -0.25) is 4.79 Å². The summed E-state index contributed by atoms with van der Waals surface area (Å²) in [5, 5.41) is 1.17. The van der Waals surface area contributed by atoms with Crippen molar-refractivity contribution in [2.75, 3.05) is 0 Å². The van der Waals surface area contributed by atoms with Gasteiger partial charge in [0.25, 0.3) is 0 Å². The summed E-state index contributed by atoms with van der Waals surface area (Å²) in [7, 11) is 0. The molecule has 0 aliphatic carbocycles. The van der Waals surface area contributed by atoms with Crippen LogP contribution in [0.4, 0.5) is 4.39 Å². The Morgan fingerprint density at radius 2 is 1.62 bits per heavy atom. The van der Waals surface area contributed by atoms with Crippen LogP contribution in [0.1, 0.15) is 11.1 Å². The third-order valence-corrected chi connectivity index (χ3v) is 4.55. The van der Waals surface area contributed by atoms with Crippen LogP contribution in [0.25, 0.3) is 22.0 Å². The fourth-order valence-corrected chi connectivity index (χ4v) is 3.31. The molecule has 4 rings (SSSR count). The number of fused-ring (bicyclic) bond motifs is 1. The molecule has 2 nitrogen and oxygen atoms in total. The van der Waals surface area contributed by atoms with Gasteiger partial charge < -0.3 is 4.98 Å². The summed E-state index contributed by atoms with van der Waals surface area (Å²) < 4.78 is 13.0. The highest BCUT2D eigenvalue weighted by Gasteiger charge is 2.09. The van der Waals surface area contributed by atoms with Gasteiger partial charge in [-0.25, -0.2) is 4.39 Å². The minimum atomic E-state index is -0.284. The van der Waals surface area contributed by atoms with E-state index in [1.807, 2.05) is 24.4 Å². The topological polar surface area (TPSA) is 32.9 Å². The molecule has 0 saturated carbocycles. The Balaban J connectivity index is 1.55. The maximum atomic E-state index is 13.0. The van der Waals surface area contributed by atoms with Crippen molar-refractivity contribution in [1.29, 1.82) is 0 Å². The first-order valence-corrected chi connectivity index (χ1v) is 8.60. The molecule has 3 aromatic carbocycles. The molecule has 1 aromatic heterocycles. The van der Waals surface area contributed by atoms with Crippen LogP contribution >= 0.6 is 0 Å². The molecule has 0 radical (unpaired) electrons. The van der Waals surface area contributed by atoms with Gasteiger partial charge >= 0.3 is 0 Å². The zero-order valence-corrected chi connectivity index (χ0v) is 14.2. The van der Waals surface area contributed by atoms with Crippen molar-refractivity contribution in [2.24, 2.45) is 0 Å². The average molecular weight is 343 g/mol. The Labute approximate surface area is 151 Å². The Hall–Kier alpha value is -3.20. The SMILES string of the molecule is O=C(Cc1ccc(F)cc1)Cc1cccc(-c2cccc3[nH]ccc23)c1. The van der Waals surface area contributed by atoms with Crippen molar-refractivity contribution in [2.45, 2.75) is 12.8 Å². The normalized spacial score (nSPS) is 11.0.